The summed E-state index contributed by atoms with van der Waals surface area (Å²) in [6, 6.07) is 11.6. The van der Waals surface area contributed by atoms with E-state index < -0.39 is 4.92 Å². The number of rotatable bonds is 8. The first-order chi connectivity index (χ1) is 12.4. The molecular weight excluding hydrogens is 340 g/mol. The van der Waals surface area contributed by atoms with Crippen LogP contribution in [-0.2, 0) is 11.3 Å². The number of hydrogen-bond acceptors (Lipinski definition) is 6. The van der Waals surface area contributed by atoms with Crippen molar-refractivity contribution in [2.45, 2.75) is 6.54 Å². The first-order valence-electron chi connectivity index (χ1n) is 7.76. The maximum atomic E-state index is 12.3. The number of carbonyl (C=O) groups excluding carboxylic acids is 1. The molecule has 2 rings (SSSR count). The van der Waals surface area contributed by atoms with Crippen LogP contribution < -0.4 is 14.2 Å². The minimum absolute atomic E-state index is 0.0129. The maximum Gasteiger partial charge on any atom is 0.314 e. The fourth-order valence-corrected chi connectivity index (χ4v) is 2.27. The summed E-state index contributed by atoms with van der Waals surface area (Å²) in [5.74, 6) is 0.746. The third-order valence-corrected chi connectivity index (χ3v) is 3.69. The number of nitro benzene ring substituents is 1. The van der Waals surface area contributed by atoms with Crippen LogP contribution in [0.5, 0.6) is 17.2 Å². The Morgan fingerprint density at radius 1 is 1.12 bits per heavy atom. The van der Waals surface area contributed by atoms with Gasteiger partial charge in [0.1, 0.15) is 11.5 Å². The fourth-order valence-electron chi connectivity index (χ4n) is 2.27. The average molecular weight is 360 g/mol. The molecule has 0 heterocycles. The Kier molecular flexibility index (Phi) is 6.37. The van der Waals surface area contributed by atoms with Crippen molar-refractivity contribution in [3.63, 3.8) is 0 Å². The predicted molar refractivity (Wildman–Crippen MR) is 94.6 cm³/mol. The zero-order valence-electron chi connectivity index (χ0n) is 14.8. The van der Waals surface area contributed by atoms with Crippen LogP contribution in [0.2, 0.25) is 0 Å². The number of benzene rings is 2. The molecule has 0 bridgehead atoms. The van der Waals surface area contributed by atoms with Gasteiger partial charge in [-0.15, -0.1) is 0 Å². The highest BCUT2D eigenvalue weighted by molar-refractivity contribution is 5.77. The van der Waals surface area contributed by atoms with Crippen LogP contribution in [0.3, 0.4) is 0 Å². The average Bonchev–Trinajstić information content (AvgIpc) is 2.65. The van der Waals surface area contributed by atoms with Gasteiger partial charge in [-0.05, 0) is 29.8 Å². The quantitative estimate of drug-likeness (QED) is 0.531. The molecule has 2 aromatic carbocycles. The van der Waals surface area contributed by atoms with Crippen LogP contribution in [0.25, 0.3) is 0 Å². The van der Waals surface area contributed by atoms with Gasteiger partial charge in [0.05, 0.1) is 25.2 Å². The standard InChI is InChI=1S/C18H20N2O6/c1-19(11-13-5-4-6-14(9-13)24-2)18(21)12-26-17-8-7-15(25-3)10-16(17)20(22)23/h4-10H,11-12H2,1-3H3. The van der Waals surface area contributed by atoms with Gasteiger partial charge in [-0.2, -0.15) is 0 Å². The summed E-state index contributed by atoms with van der Waals surface area (Å²) >= 11 is 0. The zero-order valence-corrected chi connectivity index (χ0v) is 14.8. The highest BCUT2D eigenvalue weighted by Crippen LogP contribution is 2.31. The van der Waals surface area contributed by atoms with Gasteiger partial charge in [0.15, 0.2) is 12.4 Å². The van der Waals surface area contributed by atoms with E-state index in [1.165, 1.54) is 30.2 Å². The molecule has 26 heavy (non-hydrogen) atoms. The smallest absolute Gasteiger partial charge is 0.314 e. The van der Waals surface area contributed by atoms with Gasteiger partial charge < -0.3 is 19.1 Å². The summed E-state index contributed by atoms with van der Waals surface area (Å²) in [6.07, 6.45) is 0. The lowest BCUT2D eigenvalue weighted by molar-refractivity contribution is -0.385. The molecule has 0 N–H and O–H groups in total. The highest BCUT2D eigenvalue weighted by Gasteiger charge is 2.18. The number of likely N-dealkylation sites (N-methyl/N-ethyl adjacent to an activating group) is 1. The molecule has 138 valence electrons. The van der Waals surface area contributed by atoms with E-state index in [2.05, 4.69) is 0 Å². The molecule has 0 atom stereocenters. The number of methoxy groups -OCH3 is 2. The number of amides is 1. The van der Waals surface area contributed by atoms with Gasteiger partial charge in [-0.25, -0.2) is 0 Å². The van der Waals surface area contributed by atoms with E-state index in [-0.39, 0.29) is 24.0 Å². The molecule has 0 unspecified atom stereocenters. The highest BCUT2D eigenvalue weighted by atomic mass is 16.6. The van der Waals surface area contributed by atoms with Crippen LogP contribution in [0.1, 0.15) is 5.56 Å². The van der Waals surface area contributed by atoms with Crippen molar-refractivity contribution in [3.05, 3.63) is 58.1 Å². The second-order valence-corrected chi connectivity index (χ2v) is 5.48. The predicted octanol–water partition coefficient (Wildman–Crippen LogP) is 2.65. The van der Waals surface area contributed by atoms with Crippen molar-refractivity contribution < 1.29 is 23.9 Å². The van der Waals surface area contributed by atoms with Crippen LogP contribution in [0.4, 0.5) is 5.69 Å². The second-order valence-electron chi connectivity index (χ2n) is 5.48. The van der Waals surface area contributed by atoms with Crippen molar-refractivity contribution in [2.75, 3.05) is 27.9 Å². The second kappa shape index (κ2) is 8.70. The fraction of sp³-hybridized carbons (Fsp3) is 0.278. The summed E-state index contributed by atoms with van der Waals surface area (Å²) in [7, 11) is 4.62. The lowest BCUT2D eigenvalue weighted by Gasteiger charge is -2.18. The van der Waals surface area contributed by atoms with E-state index in [4.69, 9.17) is 14.2 Å². The van der Waals surface area contributed by atoms with Crippen molar-refractivity contribution in [3.8, 4) is 17.2 Å². The Balaban J connectivity index is 2.00. The van der Waals surface area contributed by atoms with Crippen molar-refractivity contribution >= 4 is 11.6 Å². The van der Waals surface area contributed by atoms with Gasteiger partial charge in [0, 0.05) is 13.6 Å². The monoisotopic (exact) mass is 360 g/mol. The molecule has 8 nitrogen and oxygen atoms in total. The lowest BCUT2D eigenvalue weighted by Crippen LogP contribution is -2.31. The van der Waals surface area contributed by atoms with Gasteiger partial charge in [-0.3, -0.25) is 14.9 Å². The van der Waals surface area contributed by atoms with Crippen molar-refractivity contribution in [1.29, 1.82) is 0 Å². The summed E-state index contributed by atoms with van der Waals surface area (Å²) in [4.78, 5) is 24.3. The normalized spacial score (nSPS) is 10.1. The van der Waals surface area contributed by atoms with E-state index in [0.29, 0.717) is 18.0 Å². The minimum Gasteiger partial charge on any atom is -0.497 e. The Labute approximate surface area is 151 Å². The third kappa shape index (κ3) is 4.85. The van der Waals surface area contributed by atoms with Gasteiger partial charge in [0.25, 0.3) is 5.91 Å². The first kappa shape index (κ1) is 19.0. The van der Waals surface area contributed by atoms with Gasteiger partial charge in [0.2, 0.25) is 0 Å². The summed E-state index contributed by atoms with van der Waals surface area (Å²) < 4.78 is 15.5. The van der Waals surface area contributed by atoms with E-state index >= 15 is 0 Å². The minimum atomic E-state index is -0.581. The number of ether oxygens (including phenoxy) is 3. The van der Waals surface area contributed by atoms with Crippen LogP contribution in [-0.4, -0.2) is 43.6 Å². The van der Waals surface area contributed by atoms with Crippen LogP contribution >= 0.6 is 0 Å². The number of hydrogen-bond donors (Lipinski definition) is 0. The molecule has 0 aliphatic heterocycles. The van der Waals surface area contributed by atoms with Crippen molar-refractivity contribution in [1.82, 2.24) is 4.90 Å². The number of nitro groups is 1. The zero-order chi connectivity index (χ0) is 19.1. The Hall–Kier alpha value is -3.29. The van der Waals surface area contributed by atoms with Gasteiger partial charge >= 0.3 is 5.69 Å². The molecule has 1 amide bonds. The van der Waals surface area contributed by atoms with Crippen LogP contribution in [0.15, 0.2) is 42.5 Å². The van der Waals surface area contributed by atoms with Gasteiger partial charge in [-0.1, -0.05) is 12.1 Å². The molecule has 0 aliphatic carbocycles. The largest absolute Gasteiger partial charge is 0.497 e. The molecule has 0 aliphatic rings. The molecule has 0 radical (unpaired) electrons. The van der Waals surface area contributed by atoms with Crippen molar-refractivity contribution in [2.24, 2.45) is 0 Å². The lowest BCUT2D eigenvalue weighted by atomic mass is 10.2. The molecular formula is C18H20N2O6. The topological polar surface area (TPSA) is 91.1 Å². The van der Waals surface area contributed by atoms with E-state index in [1.54, 1.807) is 14.2 Å². The molecule has 0 saturated carbocycles. The summed E-state index contributed by atoms with van der Waals surface area (Å²) in [6.45, 7) is 0.0533. The molecule has 0 saturated heterocycles. The molecule has 8 heteroatoms. The third-order valence-electron chi connectivity index (χ3n) is 3.69. The molecule has 2 aromatic rings. The first-order valence-corrected chi connectivity index (χ1v) is 7.76. The number of nitrogens with zero attached hydrogens (tertiary/aromatic N) is 2. The Morgan fingerprint density at radius 2 is 1.81 bits per heavy atom. The summed E-state index contributed by atoms with van der Waals surface area (Å²) in [5, 5.41) is 11.1. The molecule has 0 spiro atoms. The van der Waals surface area contributed by atoms with E-state index in [0.717, 1.165) is 5.56 Å². The molecule has 0 aromatic heterocycles. The van der Waals surface area contributed by atoms with E-state index in [1.807, 2.05) is 24.3 Å². The summed E-state index contributed by atoms with van der Waals surface area (Å²) in [5.41, 5.74) is 0.642. The Morgan fingerprint density at radius 3 is 2.46 bits per heavy atom. The number of carbonyl (C=O) groups is 1. The SMILES string of the molecule is COc1cccc(CN(C)C(=O)COc2ccc(OC)cc2[N+](=O)[O-])c1. The van der Waals surface area contributed by atoms with Crippen LogP contribution in [0, 0.1) is 10.1 Å². The van der Waals surface area contributed by atoms with E-state index in [9.17, 15) is 14.9 Å². The Bertz CT molecular complexity index is 793. The molecule has 0 fully saturated rings. The maximum absolute atomic E-state index is 12.3.